The molecule has 2 N–H and O–H groups in total. The minimum atomic E-state index is -3.60. The molecular weight excluding hydrogens is 232 g/mol. The molecule has 1 heterocycles. The molecule has 0 fully saturated rings. The fourth-order valence-electron chi connectivity index (χ4n) is 1.38. The van der Waals surface area contributed by atoms with E-state index in [0.29, 0.717) is 12.2 Å². The van der Waals surface area contributed by atoms with Gasteiger partial charge in [0.25, 0.3) is 0 Å². The van der Waals surface area contributed by atoms with E-state index >= 15 is 0 Å². The summed E-state index contributed by atoms with van der Waals surface area (Å²) in [6, 6.07) is 4.38. The second-order valence-corrected chi connectivity index (χ2v) is 4.49. The van der Waals surface area contributed by atoms with Gasteiger partial charge in [-0.3, -0.25) is 0 Å². The van der Waals surface area contributed by atoms with Gasteiger partial charge in [-0.25, -0.2) is 0 Å². The summed E-state index contributed by atoms with van der Waals surface area (Å²) in [5.74, 6) is -0.0143. The van der Waals surface area contributed by atoms with Gasteiger partial charge in [-0.2, -0.15) is 0 Å². The Morgan fingerprint density at radius 3 is 2.59 bits per heavy atom. The Bertz CT molecular complexity index is 429. The lowest BCUT2D eigenvalue weighted by Gasteiger charge is -2.18. The first-order valence-electron chi connectivity index (χ1n) is 5.11. The average molecular weight is 245 g/mol. The number of rotatable bonds is 3. The van der Waals surface area contributed by atoms with Crippen LogP contribution in [0.15, 0.2) is 18.2 Å². The van der Waals surface area contributed by atoms with Crippen LogP contribution in [0.3, 0.4) is 0 Å². The number of hydrogen-bond donors (Lipinski definition) is 2. The van der Waals surface area contributed by atoms with Gasteiger partial charge in [0.1, 0.15) is 0 Å². The van der Waals surface area contributed by atoms with E-state index in [-0.39, 0.29) is 11.5 Å². The Morgan fingerprint density at radius 1 is 1.29 bits per heavy atom. The van der Waals surface area contributed by atoms with Crippen LogP contribution >= 0.6 is 0 Å². The van der Waals surface area contributed by atoms with Crippen LogP contribution in [0.25, 0.3) is 0 Å². The highest BCUT2D eigenvalue weighted by atomic mass is 19.3. The summed E-state index contributed by atoms with van der Waals surface area (Å²) in [5.41, 5.74) is -0.312. The Balaban J connectivity index is 2.09. The van der Waals surface area contributed by atoms with Gasteiger partial charge >= 0.3 is 6.29 Å². The van der Waals surface area contributed by atoms with Gasteiger partial charge in [0.05, 0.1) is 5.60 Å². The smallest absolute Gasteiger partial charge is 0.395 e. The second kappa shape index (κ2) is 3.73. The quantitative estimate of drug-likeness (QED) is 0.857. The summed E-state index contributed by atoms with van der Waals surface area (Å²) in [4.78, 5) is 0. The third kappa shape index (κ3) is 2.97. The zero-order valence-electron chi connectivity index (χ0n) is 9.46. The van der Waals surface area contributed by atoms with E-state index in [2.05, 4.69) is 14.8 Å². The molecule has 6 heteroatoms. The first-order valence-corrected chi connectivity index (χ1v) is 5.11. The van der Waals surface area contributed by atoms with E-state index in [1.54, 1.807) is 19.9 Å². The molecule has 0 aromatic heterocycles. The van der Waals surface area contributed by atoms with Gasteiger partial charge in [-0.05, 0) is 26.0 Å². The van der Waals surface area contributed by atoms with E-state index in [9.17, 15) is 13.9 Å². The largest absolute Gasteiger partial charge is 0.586 e. The molecule has 0 bridgehead atoms. The Labute approximate surface area is 97.2 Å². The summed E-state index contributed by atoms with van der Waals surface area (Å²) in [6.07, 6.45) is -3.60. The molecule has 2 rings (SSSR count). The molecule has 17 heavy (non-hydrogen) atoms. The van der Waals surface area contributed by atoms with Crippen LogP contribution in [0.2, 0.25) is 0 Å². The average Bonchev–Trinajstić information content (AvgIpc) is 2.46. The fourth-order valence-corrected chi connectivity index (χ4v) is 1.38. The number of aliphatic hydroxyl groups is 1. The molecule has 0 atom stereocenters. The molecule has 1 aromatic carbocycles. The van der Waals surface area contributed by atoms with Crippen molar-refractivity contribution in [2.75, 3.05) is 11.9 Å². The first kappa shape index (κ1) is 11.9. The summed E-state index contributed by atoms with van der Waals surface area (Å²) in [5, 5.41) is 12.4. The van der Waals surface area contributed by atoms with E-state index in [1.807, 2.05) is 0 Å². The highest BCUT2D eigenvalue weighted by molar-refractivity contribution is 5.56. The maximum absolute atomic E-state index is 12.7. The lowest BCUT2D eigenvalue weighted by molar-refractivity contribution is -0.286. The lowest BCUT2D eigenvalue weighted by atomic mass is 10.1. The van der Waals surface area contributed by atoms with Crippen LogP contribution in [-0.4, -0.2) is 23.5 Å². The van der Waals surface area contributed by atoms with Crippen molar-refractivity contribution in [1.82, 2.24) is 0 Å². The van der Waals surface area contributed by atoms with Crippen LogP contribution in [0.5, 0.6) is 11.5 Å². The van der Waals surface area contributed by atoms with Gasteiger partial charge in [-0.1, -0.05) is 0 Å². The zero-order valence-corrected chi connectivity index (χ0v) is 9.46. The molecule has 0 saturated carbocycles. The van der Waals surface area contributed by atoms with E-state index in [1.165, 1.54) is 12.1 Å². The molecule has 1 aliphatic heterocycles. The summed E-state index contributed by atoms with van der Waals surface area (Å²) < 4.78 is 34.0. The molecule has 1 aromatic rings. The number of fused-ring (bicyclic) bond motifs is 1. The number of alkyl halides is 2. The van der Waals surface area contributed by atoms with Crippen LogP contribution < -0.4 is 14.8 Å². The van der Waals surface area contributed by atoms with Crippen LogP contribution in [0.4, 0.5) is 14.5 Å². The summed E-state index contributed by atoms with van der Waals surface area (Å²) >= 11 is 0. The molecular formula is C11H13F2NO3. The monoisotopic (exact) mass is 245 g/mol. The summed E-state index contributed by atoms with van der Waals surface area (Å²) in [7, 11) is 0. The molecule has 0 saturated heterocycles. The SMILES string of the molecule is CC(C)(O)CNc1ccc2c(c1)OC(F)(F)O2. The van der Waals surface area contributed by atoms with Crippen molar-refractivity contribution in [3.8, 4) is 11.5 Å². The fraction of sp³-hybridized carbons (Fsp3) is 0.455. The molecule has 4 nitrogen and oxygen atoms in total. The highest BCUT2D eigenvalue weighted by Crippen LogP contribution is 2.42. The number of nitrogens with one attached hydrogen (secondary N) is 1. The van der Waals surface area contributed by atoms with E-state index in [0.717, 1.165) is 0 Å². The van der Waals surface area contributed by atoms with Crippen LogP contribution in [0, 0.1) is 0 Å². The minimum absolute atomic E-state index is 0.00353. The molecule has 0 aliphatic carbocycles. The maximum atomic E-state index is 12.7. The number of hydrogen-bond acceptors (Lipinski definition) is 4. The van der Waals surface area contributed by atoms with Gasteiger partial charge in [0.15, 0.2) is 11.5 Å². The highest BCUT2D eigenvalue weighted by Gasteiger charge is 2.43. The van der Waals surface area contributed by atoms with Crippen molar-refractivity contribution in [2.45, 2.75) is 25.7 Å². The standard InChI is InChI=1S/C11H13F2NO3/c1-10(2,15)6-14-7-3-4-8-9(5-7)17-11(12,13)16-8/h3-5,14-15H,6H2,1-2H3. The number of ether oxygens (including phenoxy) is 2. The van der Waals surface area contributed by atoms with Crippen molar-refractivity contribution in [3.05, 3.63) is 18.2 Å². The molecule has 0 spiro atoms. The van der Waals surface area contributed by atoms with Gasteiger partial charge in [0.2, 0.25) is 0 Å². The van der Waals surface area contributed by atoms with Gasteiger partial charge in [0, 0.05) is 18.3 Å². The Morgan fingerprint density at radius 2 is 1.94 bits per heavy atom. The van der Waals surface area contributed by atoms with Crippen LogP contribution in [0.1, 0.15) is 13.8 Å². The number of anilines is 1. The first-order chi connectivity index (χ1) is 7.75. The summed E-state index contributed by atoms with van der Waals surface area (Å²) in [6.45, 7) is 3.57. The molecule has 94 valence electrons. The van der Waals surface area contributed by atoms with Gasteiger partial charge in [-0.15, -0.1) is 8.78 Å². The third-order valence-corrected chi connectivity index (χ3v) is 2.13. The van der Waals surface area contributed by atoms with Crippen molar-refractivity contribution in [2.24, 2.45) is 0 Å². The zero-order chi connectivity index (χ0) is 12.7. The molecule has 0 radical (unpaired) electrons. The topological polar surface area (TPSA) is 50.7 Å². The number of halogens is 2. The predicted molar refractivity (Wildman–Crippen MR) is 57.4 cm³/mol. The number of benzene rings is 1. The van der Waals surface area contributed by atoms with E-state index < -0.39 is 11.9 Å². The molecule has 1 aliphatic rings. The Kier molecular flexibility index (Phi) is 2.61. The Hall–Kier alpha value is -1.56. The van der Waals surface area contributed by atoms with E-state index in [4.69, 9.17) is 0 Å². The van der Waals surface area contributed by atoms with Crippen molar-refractivity contribution in [3.63, 3.8) is 0 Å². The van der Waals surface area contributed by atoms with Crippen molar-refractivity contribution < 1.29 is 23.4 Å². The maximum Gasteiger partial charge on any atom is 0.586 e. The minimum Gasteiger partial charge on any atom is -0.395 e. The van der Waals surface area contributed by atoms with Crippen molar-refractivity contribution in [1.29, 1.82) is 0 Å². The normalized spacial score (nSPS) is 17.0. The molecule has 0 amide bonds. The lowest BCUT2D eigenvalue weighted by Crippen LogP contribution is -2.29. The second-order valence-electron chi connectivity index (χ2n) is 4.49. The van der Waals surface area contributed by atoms with Gasteiger partial charge < -0.3 is 19.9 Å². The molecule has 0 unspecified atom stereocenters. The van der Waals surface area contributed by atoms with Crippen molar-refractivity contribution >= 4 is 5.69 Å². The predicted octanol–water partition coefficient (Wildman–Crippen LogP) is 2.19. The van der Waals surface area contributed by atoms with Crippen LogP contribution in [-0.2, 0) is 0 Å². The third-order valence-electron chi connectivity index (χ3n) is 2.13.